The number of carboxylic acids is 1. The second-order valence-corrected chi connectivity index (χ2v) is 6.20. The molecule has 1 aliphatic heterocycles. The maximum absolute atomic E-state index is 11.9. The molecule has 1 aliphatic rings. The number of carbonyl (C=O) groups is 1. The number of aliphatic carboxylic acids is 1. The fourth-order valence-electron chi connectivity index (χ4n) is 3.37. The molecule has 132 valence electrons. The van der Waals surface area contributed by atoms with Gasteiger partial charge in [-0.2, -0.15) is 0 Å². The van der Waals surface area contributed by atoms with Crippen molar-refractivity contribution in [2.24, 2.45) is 0 Å². The Hall–Kier alpha value is -2.60. The van der Waals surface area contributed by atoms with Crippen LogP contribution >= 0.6 is 0 Å². The molecule has 1 atom stereocenters. The normalized spacial score (nSPS) is 16.5. The molecule has 0 radical (unpaired) electrons. The van der Waals surface area contributed by atoms with Crippen molar-refractivity contribution < 1.29 is 14.6 Å². The third kappa shape index (κ3) is 3.74. The molecule has 6 heteroatoms. The lowest BCUT2D eigenvalue weighted by Gasteiger charge is -2.39. The van der Waals surface area contributed by atoms with E-state index in [0.29, 0.717) is 13.1 Å². The summed E-state index contributed by atoms with van der Waals surface area (Å²) in [5.41, 5.74) is 2.87. The number of benzene rings is 1. The predicted octanol–water partition coefficient (Wildman–Crippen LogP) is 2.35. The van der Waals surface area contributed by atoms with E-state index in [9.17, 15) is 9.90 Å². The van der Waals surface area contributed by atoms with Crippen LogP contribution in [-0.2, 0) is 4.79 Å². The van der Waals surface area contributed by atoms with Gasteiger partial charge in [-0.25, -0.2) is 0 Å². The summed E-state index contributed by atoms with van der Waals surface area (Å²) in [5.74, 6) is -0.0441. The van der Waals surface area contributed by atoms with E-state index in [1.165, 1.54) is 0 Å². The fraction of sp³-hybridized carbons (Fsp3) is 0.368. The van der Waals surface area contributed by atoms with E-state index in [1.807, 2.05) is 42.2 Å². The Bertz CT molecular complexity index is 728. The van der Waals surface area contributed by atoms with Gasteiger partial charge in [-0.3, -0.25) is 14.7 Å². The van der Waals surface area contributed by atoms with E-state index in [2.05, 4.69) is 9.88 Å². The number of rotatable bonds is 5. The lowest BCUT2D eigenvalue weighted by molar-refractivity contribution is -0.143. The molecule has 0 spiro atoms. The second-order valence-electron chi connectivity index (χ2n) is 6.20. The molecular formula is C19H23N3O3. The van der Waals surface area contributed by atoms with Gasteiger partial charge in [-0.05, 0) is 36.2 Å². The first-order valence-corrected chi connectivity index (χ1v) is 8.36. The summed E-state index contributed by atoms with van der Waals surface area (Å²) in [7, 11) is 1.62. The third-order valence-corrected chi connectivity index (χ3v) is 4.68. The molecule has 0 bridgehead atoms. The number of ether oxygens (including phenoxy) is 1. The zero-order chi connectivity index (χ0) is 17.8. The van der Waals surface area contributed by atoms with Crippen LogP contribution in [0.5, 0.6) is 5.75 Å². The topological polar surface area (TPSA) is 65.9 Å². The largest absolute Gasteiger partial charge is 0.496 e. The summed E-state index contributed by atoms with van der Waals surface area (Å²) >= 11 is 0. The van der Waals surface area contributed by atoms with Crippen LogP contribution in [0.25, 0.3) is 0 Å². The summed E-state index contributed by atoms with van der Waals surface area (Å²) < 4.78 is 5.28. The maximum atomic E-state index is 11.9. The van der Waals surface area contributed by atoms with Crippen LogP contribution in [0.4, 0.5) is 5.69 Å². The van der Waals surface area contributed by atoms with Crippen LogP contribution in [0.3, 0.4) is 0 Å². The molecule has 0 aliphatic carbocycles. The minimum absolute atomic E-state index is 0.635. The zero-order valence-corrected chi connectivity index (χ0v) is 14.6. The lowest BCUT2D eigenvalue weighted by Crippen LogP contribution is -2.49. The van der Waals surface area contributed by atoms with E-state index >= 15 is 0 Å². The van der Waals surface area contributed by atoms with E-state index in [4.69, 9.17) is 4.74 Å². The van der Waals surface area contributed by atoms with Crippen molar-refractivity contribution in [1.82, 2.24) is 9.88 Å². The predicted molar refractivity (Wildman–Crippen MR) is 96.1 cm³/mol. The molecule has 6 nitrogen and oxygen atoms in total. The molecular weight excluding hydrogens is 318 g/mol. The molecule has 25 heavy (non-hydrogen) atoms. The van der Waals surface area contributed by atoms with Gasteiger partial charge in [0.15, 0.2) is 0 Å². The van der Waals surface area contributed by atoms with Crippen molar-refractivity contribution in [1.29, 1.82) is 0 Å². The Morgan fingerprint density at radius 1 is 1.16 bits per heavy atom. The maximum Gasteiger partial charge on any atom is 0.325 e. The van der Waals surface area contributed by atoms with Gasteiger partial charge in [0.1, 0.15) is 11.8 Å². The van der Waals surface area contributed by atoms with Crippen LogP contribution < -0.4 is 9.64 Å². The Morgan fingerprint density at radius 2 is 1.84 bits per heavy atom. The van der Waals surface area contributed by atoms with Crippen LogP contribution in [-0.4, -0.2) is 54.2 Å². The van der Waals surface area contributed by atoms with Crippen LogP contribution in [0, 0.1) is 6.92 Å². The lowest BCUT2D eigenvalue weighted by atomic mass is 10.0. The van der Waals surface area contributed by atoms with Crippen molar-refractivity contribution in [2.75, 3.05) is 38.2 Å². The Morgan fingerprint density at radius 3 is 2.40 bits per heavy atom. The van der Waals surface area contributed by atoms with E-state index in [-0.39, 0.29) is 0 Å². The van der Waals surface area contributed by atoms with Crippen molar-refractivity contribution >= 4 is 11.7 Å². The molecule has 1 N–H and O–H groups in total. The van der Waals surface area contributed by atoms with E-state index < -0.39 is 12.0 Å². The van der Waals surface area contributed by atoms with Gasteiger partial charge in [0.05, 0.1) is 7.11 Å². The van der Waals surface area contributed by atoms with E-state index in [0.717, 1.165) is 35.7 Å². The average molecular weight is 341 g/mol. The van der Waals surface area contributed by atoms with Gasteiger partial charge in [0.2, 0.25) is 0 Å². The first-order valence-electron chi connectivity index (χ1n) is 8.36. The first-order chi connectivity index (χ1) is 12.1. The highest BCUT2D eigenvalue weighted by molar-refractivity contribution is 5.76. The number of anilines is 1. The summed E-state index contributed by atoms with van der Waals surface area (Å²) in [6.07, 6.45) is 3.56. The molecule has 0 amide bonds. The summed E-state index contributed by atoms with van der Waals surface area (Å²) in [4.78, 5) is 20.3. The molecule has 0 unspecified atom stereocenters. The fourth-order valence-corrected chi connectivity index (χ4v) is 3.37. The number of carboxylic acid groups (broad SMARTS) is 1. The van der Waals surface area contributed by atoms with Crippen LogP contribution in [0.1, 0.15) is 17.2 Å². The monoisotopic (exact) mass is 341 g/mol. The molecule has 1 aromatic heterocycles. The number of pyridine rings is 1. The van der Waals surface area contributed by atoms with Gasteiger partial charge < -0.3 is 14.7 Å². The number of piperazine rings is 1. The Kier molecular flexibility index (Phi) is 5.19. The average Bonchev–Trinajstić information content (AvgIpc) is 2.63. The SMILES string of the molecule is COc1ccc([C@@H](C(=O)O)N2CCN(c3ccncc3)CC2)cc1C. The smallest absolute Gasteiger partial charge is 0.325 e. The molecule has 1 saturated heterocycles. The number of nitrogens with zero attached hydrogens (tertiary/aromatic N) is 3. The van der Waals surface area contributed by atoms with Crippen LogP contribution in [0.15, 0.2) is 42.7 Å². The third-order valence-electron chi connectivity index (χ3n) is 4.68. The van der Waals surface area contributed by atoms with Crippen molar-refractivity contribution in [3.63, 3.8) is 0 Å². The summed E-state index contributed by atoms with van der Waals surface area (Å²) in [6, 6.07) is 8.93. The molecule has 2 heterocycles. The van der Waals surface area contributed by atoms with Gasteiger partial charge >= 0.3 is 5.97 Å². The second kappa shape index (κ2) is 7.53. The van der Waals surface area contributed by atoms with Crippen molar-refractivity contribution in [3.8, 4) is 5.75 Å². The minimum atomic E-state index is -0.818. The quantitative estimate of drug-likeness (QED) is 0.900. The van der Waals surface area contributed by atoms with Crippen LogP contribution in [0.2, 0.25) is 0 Å². The Balaban J connectivity index is 1.74. The highest BCUT2D eigenvalue weighted by Crippen LogP contribution is 2.28. The van der Waals surface area contributed by atoms with E-state index in [1.54, 1.807) is 19.5 Å². The molecule has 3 rings (SSSR count). The molecule has 1 aromatic carbocycles. The summed E-state index contributed by atoms with van der Waals surface area (Å²) in [5, 5.41) is 9.78. The Labute approximate surface area is 147 Å². The minimum Gasteiger partial charge on any atom is -0.496 e. The first kappa shape index (κ1) is 17.2. The highest BCUT2D eigenvalue weighted by atomic mass is 16.5. The highest BCUT2D eigenvalue weighted by Gasteiger charge is 2.30. The van der Waals surface area contributed by atoms with Gasteiger partial charge in [-0.1, -0.05) is 12.1 Å². The number of aromatic nitrogens is 1. The number of hydrogen-bond acceptors (Lipinski definition) is 5. The number of methoxy groups -OCH3 is 1. The molecule has 0 saturated carbocycles. The van der Waals surface area contributed by atoms with Crippen molar-refractivity contribution in [2.45, 2.75) is 13.0 Å². The number of hydrogen-bond donors (Lipinski definition) is 1. The zero-order valence-electron chi connectivity index (χ0n) is 14.6. The molecule has 2 aromatic rings. The van der Waals surface area contributed by atoms with Gasteiger partial charge in [0.25, 0.3) is 0 Å². The molecule has 1 fully saturated rings. The summed E-state index contributed by atoms with van der Waals surface area (Å²) in [6.45, 7) is 4.92. The van der Waals surface area contributed by atoms with Gasteiger partial charge in [-0.15, -0.1) is 0 Å². The standard InChI is InChI=1S/C19H23N3O3/c1-14-13-15(3-4-17(14)25-2)18(19(23)24)22-11-9-21(10-12-22)16-5-7-20-8-6-16/h3-8,13,18H,9-12H2,1-2H3,(H,23,24)/t18-/m0/s1. The van der Waals surface area contributed by atoms with Gasteiger partial charge in [0, 0.05) is 44.3 Å². The van der Waals surface area contributed by atoms with Crippen molar-refractivity contribution in [3.05, 3.63) is 53.9 Å². The number of aryl methyl sites for hydroxylation is 1.